The molecule has 0 aliphatic rings. The summed E-state index contributed by atoms with van der Waals surface area (Å²) in [5.74, 6) is -0.0176. The first-order valence-corrected chi connectivity index (χ1v) is 5.97. The first kappa shape index (κ1) is 13.2. The predicted octanol–water partition coefficient (Wildman–Crippen LogP) is 1.17. The van der Waals surface area contributed by atoms with Crippen LogP contribution in [0.1, 0.15) is 11.1 Å². The standard InChI is InChI=1S/C14H16N2O3/c15-13(7-10-1-3-12(17)4-2-10)14(18)16-8-11-5-6-19-9-11/h1-6,9,13,17H,7-8,15H2,(H,16,18)/t13-/m0/s1. The minimum absolute atomic E-state index is 0.196. The fraction of sp³-hybridized carbons (Fsp3) is 0.214. The van der Waals surface area contributed by atoms with Gasteiger partial charge in [0.05, 0.1) is 18.6 Å². The molecule has 100 valence electrons. The van der Waals surface area contributed by atoms with Crippen LogP contribution in [0, 0.1) is 0 Å². The molecule has 0 bridgehead atoms. The average molecular weight is 260 g/mol. The van der Waals surface area contributed by atoms with Crippen molar-refractivity contribution in [1.82, 2.24) is 5.32 Å². The zero-order valence-corrected chi connectivity index (χ0v) is 10.4. The molecule has 1 heterocycles. The maximum Gasteiger partial charge on any atom is 0.237 e. The van der Waals surface area contributed by atoms with Gasteiger partial charge in [-0.2, -0.15) is 0 Å². The monoisotopic (exact) mass is 260 g/mol. The number of phenols is 1. The SMILES string of the molecule is N[C@@H](Cc1ccc(O)cc1)C(=O)NCc1ccoc1. The number of nitrogens with two attached hydrogens (primary N) is 1. The van der Waals surface area contributed by atoms with E-state index < -0.39 is 6.04 Å². The fourth-order valence-corrected chi connectivity index (χ4v) is 1.69. The molecular formula is C14H16N2O3. The van der Waals surface area contributed by atoms with E-state index in [1.165, 1.54) is 0 Å². The first-order chi connectivity index (χ1) is 9.15. The van der Waals surface area contributed by atoms with Crippen molar-refractivity contribution in [2.75, 3.05) is 0 Å². The van der Waals surface area contributed by atoms with Gasteiger partial charge in [0.2, 0.25) is 5.91 Å². The number of furan rings is 1. The summed E-state index contributed by atoms with van der Waals surface area (Å²) in [6.45, 7) is 0.401. The van der Waals surface area contributed by atoms with E-state index in [0.717, 1.165) is 11.1 Å². The molecule has 1 aromatic heterocycles. The molecule has 2 rings (SSSR count). The van der Waals surface area contributed by atoms with Crippen molar-refractivity contribution in [3.05, 3.63) is 54.0 Å². The molecule has 0 saturated heterocycles. The molecule has 2 aromatic rings. The largest absolute Gasteiger partial charge is 0.508 e. The Bertz CT molecular complexity index is 520. The highest BCUT2D eigenvalue weighted by Gasteiger charge is 2.13. The molecule has 19 heavy (non-hydrogen) atoms. The van der Waals surface area contributed by atoms with E-state index in [4.69, 9.17) is 10.2 Å². The van der Waals surface area contributed by atoms with Gasteiger partial charge in [0.25, 0.3) is 0 Å². The van der Waals surface area contributed by atoms with Crippen LogP contribution in [0.25, 0.3) is 0 Å². The van der Waals surface area contributed by atoms with Crippen molar-refractivity contribution in [2.24, 2.45) is 5.73 Å². The van der Waals surface area contributed by atoms with Gasteiger partial charge in [0, 0.05) is 12.1 Å². The highest BCUT2D eigenvalue weighted by Crippen LogP contribution is 2.11. The van der Waals surface area contributed by atoms with Gasteiger partial charge in [-0.05, 0) is 30.2 Å². The van der Waals surface area contributed by atoms with Crippen LogP contribution < -0.4 is 11.1 Å². The number of benzene rings is 1. The van der Waals surface area contributed by atoms with Crippen LogP contribution >= 0.6 is 0 Å². The highest BCUT2D eigenvalue weighted by atomic mass is 16.3. The Labute approximate surface area is 111 Å². The highest BCUT2D eigenvalue weighted by molar-refractivity contribution is 5.81. The number of nitrogens with one attached hydrogen (secondary N) is 1. The van der Waals surface area contributed by atoms with Crippen LogP contribution in [0.5, 0.6) is 5.75 Å². The van der Waals surface area contributed by atoms with Crippen molar-refractivity contribution in [3.8, 4) is 5.75 Å². The molecule has 1 aromatic carbocycles. The number of aromatic hydroxyl groups is 1. The van der Waals surface area contributed by atoms with Crippen LogP contribution in [0.2, 0.25) is 0 Å². The molecule has 0 spiro atoms. The molecule has 4 N–H and O–H groups in total. The van der Waals surface area contributed by atoms with Gasteiger partial charge in [-0.25, -0.2) is 0 Å². The minimum Gasteiger partial charge on any atom is -0.508 e. The summed E-state index contributed by atoms with van der Waals surface area (Å²) in [7, 11) is 0. The Kier molecular flexibility index (Phi) is 4.20. The number of rotatable bonds is 5. The Morgan fingerprint density at radius 1 is 1.26 bits per heavy atom. The molecule has 5 heteroatoms. The number of carbonyl (C=O) groups is 1. The zero-order valence-electron chi connectivity index (χ0n) is 10.4. The van der Waals surface area contributed by atoms with Crippen LogP contribution in [0.4, 0.5) is 0 Å². The van der Waals surface area contributed by atoms with E-state index in [1.54, 1.807) is 42.9 Å². The molecule has 0 radical (unpaired) electrons. The molecule has 5 nitrogen and oxygen atoms in total. The first-order valence-electron chi connectivity index (χ1n) is 5.97. The third kappa shape index (κ3) is 3.86. The van der Waals surface area contributed by atoms with Crippen LogP contribution in [-0.4, -0.2) is 17.1 Å². The molecule has 1 amide bonds. The van der Waals surface area contributed by atoms with Crippen molar-refractivity contribution in [1.29, 1.82) is 0 Å². The topological polar surface area (TPSA) is 88.5 Å². The molecule has 0 aliphatic carbocycles. The van der Waals surface area contributed by atoms with Gasteiger partial charge in [0.1, 0.15) is 5.75 Å². The van der Waals surface area contributed by atoms with Gasteiger partial charge < -0.3 is 20.6 Å². The van der Waals surface area contributed by atoms with Crippen LogP contribution in [0.15, 0.2) is 47.3 Å². The minimum atomic E-state index is -0.614. The lowest BCUT2D eigenvalue weighted by atomic mass is 10.1. The maximum absolute atomic E-state index is 11.8. The Morgan fingerprint density at radius 2 is 2.00 bits per heavy atom. The molecular weight excluding hydrogens is 244 g/mol. The second kappa shape index (κ2) is 6.06. The average Bonchev–Trinajstić information content (AvgIpc) is 2.91. The van der Waals surface area contributed by atoms with E-state index in [1.807, 2.05) is 0 Å². The number of hydrogen-bond acceptors (Lipinski definition) is 4. The number of phenolic OH excluding ortho intramolecular Hbond substituents is 1. The van der Waals surface area contributed by atoms with Gasteiger partial charge in [-0.15, -0.1) is 0 Å². The third-order valence-corrected chi connectivity index (χ3v) is 2.78. The van der Waals surface area contributed by atoms with Gasteiger partial charge >= 0.3 is 0 Å². The summed E-state index contributed by atoms with van der Waals surface area (Å²) in [4.78, 5) is 11.8. The van der Waals surface area contributed by atoms with E-state index in [-0.39, 0.29) is 11.7 Å². The van der Waals surface area contributed by atoms with Crippen molar-refractivity contribution in [2.45, 2.75) is 19.0 Å². The number of hydrogen-bond donors (Lipinski definition) is 3. The number of carbonyl (C=O) groups excluding carboxylic acids is 1. The van der Waals surface area contributed by atoms with Crippen molar-refractivity contribution in [3.63, 3.8) is 0 Å². The lowest BCUT2D eigenvalue weighted by Gasteiger charge is -2.11. The summed E-state index contributed by atoms with van der Waals surface area (Å²) in [5.41, 5.74) is 7.63. The normalized spacial score (nSPS) is 12.1. The maximum atomic E-state index is 11.8. The quantitative estimate of drug-likeness (QED) is 0.753. The summed E-state index contributed by atoms with van der Waals surface area (Å²) in [5, 5.41) is 11.9. The predicted molar refractivity (Wildman–Crippen MR) is 70.3 cm³/mol. The molecule has 1 atom stereocenters. The summed E-state index contributed by atoms with van der Waals surface area (Å²) >= 11 is 0. The Balaban J connectivity index is 1.83. The van der Waals surface area contributed by atoms with E-state index in [0.29, 0.717) is 13.0 Å². The fourth-order valence-electron chi connectivity index (χ4n) is 1.69. The molecule has 0 fully saturated rings. The lowest BCUT2D eigenvalue weighted by molar-refractivity contribution is -0.122. The second-order valence-electron chi connectivity index (χ2n) is 4.33. The van der Waals surface area contributed by atoms with Crippen LogP contribution in [0.3, 0.4) is 0 Å². The van der Waals surface area contributed by atoms with Crippen molar-refractivity contribution < 1.29 is 14.3 Å². The molecule has 0 saturated carbocycles. The van der Waals surface area contributed by atoms with E-state index >= 15 is 0 Å². The van der Waals surface area contributed by atoms with Crippen molar-refractivity contribution >= 4 is 5.91 Å². The Morgan fingerprint density at radius 3 is 2.63 bits per heavy atom. The lowest BCUT2D eigenvalue weighted by Crippen LogP contribution is -2.41. The molecule has 0 aliphatic heterocycles. The van der Waals surface area contributed by atoms with E-state index in [9.17, 15) is 9.90 Å². The van der Waals surface area contributed by atoms with E-state index in [2.05, 4.69) is 5.32 Å². The summed E-state index contributed by atoms with van der Waals surface area (Å²) in [6.07, 6.45) is 3.56. The smallest absolute Gasteiger partial charge is 0.237 e. The second-order valence-corrected chi connectivity index (χ2v) is 4.33. The summed E-state index contributed by atoms with van der Waals surface area (Å²) in [6, 6.07) is 7.82. The zero-order chi connectivity index (χ0) is 13.7. The Hall–Kier alpha value is -2.27. The molecule has 0 unspecified atom stereocenters. The summed E-state index contributed by atoms with van der Waals surface area (Å²) < 4.78 is 4.91. The van der Waals surface area contributed by atoms with Gasteiger partial charge in [-0.3, -0.25) is 4.79 Å². The van der Waals surface area contributed by atoms with Crippen LogP contribution in [-0.2, 0) is 17.8 Å². The van der Waals surface area contributed by atoms with Gasteiger partial charge in [-0.1, -0.05) is 12.1 Å². The van der Waals surface area contributed by atoms with Gasteiger partial charge in [0.15, 0.2) is 0 Å². The number of amides is 1. The third-order valence-electron chi connectivity index (χ3n) is 2.78.